The first kappa shape index (κ1) is 10.1. The maximum atomic E-state index is 13.2. The Labute approximate surface area is 82.8 Å². The van der Waals surface area contributed by atoms with Gasteiger partial charge in [0.1, 0.15) is 11.6 Å². The molecule has 0 heterocycles. The van der Waals surface area contributed by atoms with E-state index in [0.717, 1.165) is 0 Å². The molecule has 0 saturated heterocycles. The van der Waals surface area contributed by atoms with Crippen LogP contribution in [-0.2, 0) is 0 Å². The molecule has 0 radical (unpaired) electrons. The van der Waals surface area contributed by atoms with Gasteiger partial charge in [-0.05, 0) is 28.1 Å². The lowest BCUT2D eigenvalue weighted by atomic mass is 10.2. The molecule has 1 aromatic rings. The lowest BCUT2D eigenvalue weighted by molar-refractivity contribution is 0.570. The van der Waals surface area contributed by atoms with Gasteiger partial charge in [0, 0.05) is 12.6 Å². The van der Waals surface area contributed by atoms with Crippen LogP contribution in [0.3, 0.4) is 0 Å². The molecule has 5 heteroatoms. The number of hydrogen-bond acceptors (Lipinski definition) is 2. The van der Waals surface area contributed by atoms with Gasteiger partial charge in [-0.15, -0.1) is 0 Å². The van der Waals surface area contributed by atoms with E-state index < -0.39 is 11.6 Å². The smallest absolute Gasteiger partial charge is 0.149 e. The van der Waals surface area contributed by atoms with E-state index >= 15 is 0 Å². The zero-order valence-corrected chi connectivity index (χ0v) is 8.40. The third-order valence-corrected chi connectivity index (χ3v) is 2.12. The van der Waals surface area contributed by atoms with Crippen molar-refractivity contribution in [3.05, 3.63) is 33.8 Å². The number of rotatable bonds is 2. The van der Waals surface area contributed by atoms with Crippen molar-refractivity contribution in [2.45, 2.75) is 0 Å². The average molecular weight is 249 g/mol. The Hall–Kier alpha value is -0.970. The van der Waals surface area contributed by atoms with Crippen molar-refractivity contribution in [2.75, 3.05) is 7.05 Å². The first-order chi connectivity index (χ1) is 6.16. The summed E-state index contributed by atoms with van der Waals surface area (Å²) in [7, 11) is 1.59. The summed E-state index contributed by atoms with van der Waals surface area (Å²) in [6, 6.07) is 2.49. The zero-order chi connectivity index (χ0) is 9.84. The van der Waals surface area contributed by atoms with Crippen LogP contribution in [0.5, 0.6) is 0 Å². The standard InChI is InChI=1S/C8H7BrF2N2/c1-12-13-4-5-2-3-6(10)7(9)8(5)11/h2-4,12H,1H3/b13-4+. The first-order valence-corrected chi connectivity index (χ1v) is 4.29. The normalized spacial score (nSPS) is 10.8. The van der Waals surface area contributed by atoms with Gasteiger partial charge in [0.25, 0.3) is 0 Å². The molecule has 2 nitrogen and oxygen atoms in total. The molecular weight excluding hydrogens is 242 g/mol. The number of hydrogen-bond donors (Lipinski definition) is 1. The molecule has 0 aliphatic rings. The van der Waals surface area contributed by atoms with Crippen molar-refractivity contribution < 1.29 is 8.78 Å². The predicted octanol–water partition coefficient (Wildman–Crippen LogP) is 2.28. The molecule has 0 saturated carbocycles. The van der Waals surface area contributed by atoms with Crippen LogP contribution in [0.15, 0.2) is 21.7 Å². The molecule has 0 bridgehead atoms. The fourth-order valence-corrected chi connectivity index (χ4v) is 1.14. The summed E-state index contributed by atoms with van der Waals surface area (Å²) in [5.41, 5.74) is 2.70. The van der Waals surface area contributed by atoms with Crippen LogP contribution in [0.1, 0.15) is 5.56 Å². The highest BCUT2D eigenvalue weighted by Crippen LogP contribution is 2.21. The maximum absolute atomic E-state index is 13.2. The molecule has 0 aromatic heterocycles. The Kier molecular flexibility index (Phi) is 3.36. The Bertz CT molecular complexity index is 339. The molecule has 0 aliphatic heterocycles. The monoisotopic (exact) mass is 248 g/mol. The van der Waals surface area contributed by atoms with Gasteiger partial charge in [0.05, 0.1) is 10.7 Å². The molecule has 70 valence electrons. The summed E-state index contributed by atoms with van der Waals surface area (Å²) in [4.78, 5) is 0. The topological polar surface area (TPSA) is 24.4 Å². The second-order valence-electron chi connectivity index (χ2n) is 2.25. The van der Waals surface area contributed by atoms with Crippen molar-refractivity contribution in [2.24, 2.45) is 5.10 Å². The average Bonchev–Trinajstić information content (AvgIpc) is 2.13. The molecule has 0 aliphatic carbocycles. The number of nitrogens with zero attached hydrogens (tertiary/aromatic N) is 1. The third kappa shape index (κ3) is 2.24. The van der Waals surface area contributed by atoms with Crippen molar-refractivity contribution in [3.63, 3.8) is 0 Å². The minimum atomic E-state index is -0.654. The largest absolute Gasteiger partial charge is 0.313 e. The van der Waals surface area contributed by atoms with Crippen molar-refractivity contribution in [3.8, 4) is 0 Å². The molecular formula is C8H7BrF2N2. The van der Waals surface area contributed by atoms with Crippen LogP contribution in [0, 0.1) is 11.6 Å². The van der Waals surface area contributed by atoms with E-state index in [1.54, 1.807) is 7.05 Å². The molecule has 13 heavy (non-hydrogen) atoms. The van der Waals surface area contributed by atoms with Crippen LogP contribution in [0.2, 0.25) is 0 Å². The highest BCUT2D eigenvalue weighted by molar-refractivity contribution is 9.10. The van der Waals surface area contributed by atoms with Gasteiger partial charge < -0.3 is 5.43 Å². The van der Waals surface area contributed by atoms with Gasteiger partial charge in [0.15, 0.2) is 0 Å². The first-order valence-electron chi connectivity index (χ1n) is 3.50. The van der Waals surface area contributed by atoms with E-state index in [1.807, 2.05) is 0 Å². The minimum absolute atomic E-state index is 0.174. The summed E-state index contributed by atoms with van der Waals surface area (Å²) in [5, 5.41) is 3.62. The van der Waals surface area contributed by atoms with Gasteiger partial charge in [-0.1, -0.05) is 0 Å². The molecule has 1 aromatic carbocycles. The number of benzene rings is 1. The lowest BCUT2D eigenvalue weighted by Crippen LogP contribution is -1.98. The fourth-order valence-electron chi connectivity index (χ4n) is 0.775. The van der Waals surface area contributed by atoms with Crippen LogP contribution in [0.25, 0.3) is 0 Å². The summed E-state index contributed by atoms with van der Waals surface area (Å²) in [6.45, 7) is 0. The Morgan fingerprint density at radius 3 is 2.77 bits per heavy atom. The summed E-state index contributed by atoms with van der Waals surface area (Å²) in [5.74, 6) is -1.28. The third-order valence-electron chi connectivity index (χ3n) is 1.40. The van der Waals surface area contributed by atoms with Crippen LogP contribution in [0.4, 0.5) is 8.78 Å². The van der Waals surface area contributed by atoms with Gasteiger partial charge in [-0.2, -0.15) is 5.10 Å². The maximum Gasteiger partial charge on any atom is 0.149 e. The second-order valence-corrected chi connectivity index (χ2v) is 3.04. The molecule has 1 N–H and O–H groups in total. The van der Waals surface area contributed by atoms with E-state index in [2.05, 4.69) is 26.5 Å². The molecule has 0 atom stereocenters. The SMILES string of the molecule is CN/N=C/c1ccc(F)c(Br)c1F. The van der Waals surface area contributed by atoms with Gasteiger partial charge in [-0.3, -0.25) is 0 Å². The highest BCUT2D eigenvalue weighted by atomic mass is 79.9. The quantitative estimate of drug-likeness (QED) is 0.485. The molecule has 0 spiro atoms. The van der Waals surface area contributed by atoms with Gasteiger partial charge in [0.2, 0.25) is 0 Å². The number of nitrogens with one attached hydrogen (secondary N) is 1. The summed E-state index contributed by atoms with van der Waals surface area (Å²) in [6.07, 6.45) is 1.28. The van der Waals surface area contributed by atoms with Crippen molar-refractivity contribution in [1.82, 2.24) is 5.43 Å². The fraction of sp³-hybridized carbons (Fsp3) is 0.125. The van der Waals surface area contributed by atoms with E-state index in [-0.39, 0.29) is 10.0 Å². The van der Waals surface area contributed by atoms with Crippen molar-refractivity contribution >= 4 is 22.1 Å². The molecule has 0 fully saturated rings. The summed E-state index contributed by atoms with van der Waals surface area (Å²) >= 11 is 2.79. The molecule has 0 unspecified atom stereocenters. The van der Waals surface area contributed by atoms with Gasteiger partial charge >= 0.3 is 0 Å². The highest BCUT2D eigenvalue weighted by Gasteiger charge is 2.08. The second kappa shape index (κ2) is 4.32. The van der Waals surface area contributed by atoms with Gasteiger partial charge in [-0.25, -0.2) is 8.78 Å². The lowest BCUT2D eigenvalue weighted by Gasteiger charge is -1.99. The Balaban J connectivity index is 3.11. The van der Waals surface area contributed by atoms with Crippen LogP contribution in [-0.4, -0.2) is 13.3 Å². The number of hydrazone groups is 1. The van der Waals surface area contributed by atoms with Crippen LogP contribution >= 0.6 is 15.9 Å². The Morgan fingerprint density at radius 1 is 1.46 bits per heavy atom. The van der Waals surface area contributed by atoms with E-state index in [9.17, 15) is 8.78 Å². The van der Waals surface area contributed by atoms with E-state index in [1.165, 1.54) is 18.3 Å². The minimum Gasteiger partial charge on any atom is -0.313 e. The van der Waals surface area contributed by atoms with E-state index in [4.69, 9.17) is 0 Å². The summed E-state index contributed by atoms with van der Waals surface area (Å²) < 4.78 is 25.7. The van der Waals surface area contributed by atoms with E-state index in [0.29, 0.717) is 0 Å². The van der Waals surface area contributed by atoms with Crippen LogP contribution < -0.4 is 5.43 Å². The molecule has 1 rings (SSSR count). The Morgan fingerprint density at radius 2 is 2.15 bits per heavy atom. The zero-order valence-electron chi connectivity index (χ0n) is 6.81. The number of halogens is 3. The molecule has 0 amide bonds. The predicted molar refractivity (Wildman–Crippen MR) is 50.7 cm³/mol. The van der Waals surface area contributed by atoms with Crippen molar-refractivity contribution in [1.29, 1.82) is 0 Å².